The van der Waals surface area contributed by atoms with E-state index < -0.39 is 11.2 Å². The number of fused-ring (bicyclic) bond motifs is 2. The van der Waals surface area contributed by atoms with Crippen LogP contribution in [0.5, 0.6) is 0 Å². The summed E-state index contributed by atoms with van der Waals surface area (Å²) < 4.78 is 8.65. The number of nitrogens with one attached hydrogen (secondary N) is 3. The van der Waals surface area contributed by atoms with E-state index in [9.17, 15) is 14.4 Å². The van der Waals surface area contributed by atoms with Crippen molar-refractivity contribution < 1.29 is 9.53 Å². The number of hydrogen-bond acceptors (Lipinski definition) is 6. The highest BCUT2D eigenvalue weighted by atomic mass is 16.5. The second kappa shape index (κ2) is 9.18. The molecule has 168 valence electrons. The lowest BCUT2D eigenvalue weighted by atomic mass is 10.3. The van der Waals surface area contributed by atoms with Crippen molar-refractivity contribution in [2.24, 2.45) is 7.05 Å². The normalized spacial score (nSPS) is 11.4. The van der Waals surface area contributed by atoms with Gasteiger partial charge in [0.05, 0.1) is 11.0 Å². The van der Waals surface area contributed by atoms with Gasteiger partial charge in [0.15, 0.2) is 5.65 Å². The number of H-pyrrole nitrogens is 2. The lowest BCUT2D eigenvalue weighted by molar-refractivity contribution is -0.116. The highest BCUT2D eigenvalue weighted by molar-refractivity contribution is 5.91. The van der Waals surface area contributed by atoms with Gasteiger partial charge in [-0.1, -0.05) is 12.1 Å². The van der Waals surface area contributed by atoms with Gasteiger partial charge >= 0.3 is 5.69 Å². The predicted octanol–water partition coefficient (Wildman–Crippen LogP) is 1.30. The van der Waals surface area contributed by atoms with Gasteiger partial charge in [-0.25, -0.2) is 14.8 Å². The molecule has 11 nitrogen and oxygen atoms in total. The summed E-state index contributed by atoms with van der Waals surface area (Å²) in [5.41, 5.74) is 1.13. The van der Waals surface area contributed by atoms with Crippen molar-refractivity contribution in [2.75, 3.05) is 18.5 Å². The first-order valence-corrected chi connectivity index (χ1v) is 10.5. The Morgan fingerprint density at radius 3 is 2.81 bits per heavy atom. The molecule has 3 heterocycles. The van der Waals surface area contributed by atoms with Gasteiger partial charge in [0.2, 0.25) is 11.9 Å². The number of carbonyl (C=O) groups excluding carboxylic acids is 1. The molecule has 0 aliphatic carbocycles. The summed E-state index contributed by atoms with van der Waals surface area (Å²) in [6, 6.07) is 7.71. The molecule has 0 fully saturated rings. The molecule has 0 saturated carbocycles. The molecule has 0 unspecified atom stereocenters. The number of aromatic nitrogens is 6. The van der Waals surface area contributed by atoms with E-state index in [0.29, 0.717) is 31.5 Å². The molecule has 0 saturated heterocycles. The number of imidazole rings is 2. The Labute approximate surface area is 182 Å². The van der Waals surface area contributed by atoms with Gasteiger partial charge in [-0.05, 0) is 25.5 Å². The monoisotopic (exact) mass is 439 g/mol. The molecule has 11 heteroatoms. The number of aryl methyl sites for hydroxylation is 3. The number of hydrogen-bond donors (Lipinski definition) is 3. The van der Waals surface area contributed by atoms with E-state index >= 15 is 0 Å². The molecule has 0 aliphatic rings. The molecule has 3 aromatic heterocycles. The summed E-state index contributed by atoms with van der Waals surface area (Å²) in [6.45, 7) is 3.91. The van der Waals surface area contributed by atoms with Crippen molar-refractivity contribution in [1.82, 2.24) is 29.1 Å². The number of anilines is 1. The van der Waals surface area contributed by atoms with Gasteiger partial charge in [0.25, 0.3) is 5.56 Å². The van der Waals surface area contributed by atoms with Crippen LogP contribution in [0.15, 0.2) is 33.9 Å². The Balaban J connectivity index is 1.48. The number of nitrogens with zero attached hydrogens (tertiary/aromatic N) is 4. The molecule has 4 rings (SSSR count). The predicted molar refractivity (Wildman–Crippen MR) is 120 cm³/mol. The molecule has 0 atom stereocenters. The number of benzene rings is 1. The van der Waals surface area contributed by atoms with Crippen LogP contribution in [0.3, 0.4) is 0 Å². The smallest absolute Gasteiger partial charge is 0.329 e. The molecule has 0 bridgehead atoms. The van der Waals surface area contributed by atoms with Crippen LogP contribution < -0.4 is 16.6 Å². The number of para-hydroxylation sites is 2. The zero-order valence-corrected chi connectivity index (χ0v) is 18.0. The maximum absolute atomic E-state index is 12.6. The van der Waals surface area contributed by atoms with Crippen molar-refractivity contribution in [3.05, 3.63) is 50.9 Å². The van der Waals surface area contributed by atoms with Crippen molar-refractivity contribution >= 4 is 34.1 Å². The highest BCUT2D eigenvalue weighted by Gasteiger charge is 2.15. The topological polar surface area (TPSA) is 140 Å². The third-order valence-corrected chi connectivity index (χ3v) is 5.17. The van der Waals surface area contributed by atoms with Gasteiger partial charge in [-0.2, -0.15) is 0 Å². The fourth-order valence-electron chi connectivity index (χ4n) is 3.56. The summed E-state index contributed by atoms with van der Waals surface area (Å²) in [5, 5.41) is 2.88. The number of carbonyl (C=O) groups is 1. The summed E-state index contributed by atoms with van der Waals surface area (Å²) in [7, 11) is 1.52. The summed E-state index contributed by atoms with van der Waals surface area (Å²) >= 11 is 0. The van der Waals surface area contributed by atoms with Gasteiger partial charge < -0.3 is 14.3 Å². The third kappa shape index (κ3) is 4.33. The van der Waals surface area contributed by atoms with Crippen molar-refractivity contribution in [3.63, 3.8) is 0 Å². The Morgan fingerprint density at radius 2 is 2.00 bits per heavy atom. The Bertz CT molecular complexity index is 1380. The molecule has 0 spiro atoms. The Hall–Kier alpha value is -3.73. The van der Waals surface area contributed by atoms with Crippen LogP contribution >= 0.6 is 0 Å². The highest BCUT2D eigenvalue weighted by Crippen LogP contribution is 2.20. The largest absolute Gasteiger partial charge is 0.382 e. The number of amides is 1. The summed E-state index contributed by atoms with van der Waals surface area (Å²) in [5.74, 6) is 0.706. The molecule has 32 heavy (non-hydrogen) atoms. The Kier molecular flexibility index (Phi) is 6.17. The minimum absolute atomic E-state index is 0.133. The van der Waals surface area contributed by atoms with Crippen molar-refractivity contribution in [2.45, 2.75) is 32.7 Å². The van der Waals surface area contributed by atoms with Crippen LogP contribution in [-0.2, 0) is 29.5 Å². The first-order valence-electron chi connectivity index (χ1n) is 10.5. The van der Waals surface area contributed by atoms with Gasteiger partial charge in [0.1, 0.15) is 11.3 Å². The zero-order chi connectivity index (χ0) is 22.7. The minimum Gasteiger partial charge on any atom is -0.382 e. The lowest BCUT2D eigenvalue weighted by Crippen LogP contribution is -2.28. The van der Waals surface area contributed by atoms with E-state index in [1.165, 1.54) is 11.6 Å². The van der Waals surface area contributed by atoms with Crippen LogP contribution in [0.1, 0.15) is 25.6 Å². The average molecular weight is 439 g/mol. The second-order valence-corrected chi connectivity index (χ2v) is 7.37. The maximum Gasteiger partial charge on any atom is 0.329 e. The molecular weight excluding hydrogens is 414 g/mol. The third-order valence-electron chi connectivity index (χ3n) is 5.17. The van der Waals surface area contributed by atoms with E-state index in [2.05, 4.69) is 25.3 Å². The number of ether oxygens (including phenoxy) is 1. The van der Waals surface area contributed by atoms with E-state index in [4.69, 9.17) is 4.74 Å². The van der Waals surface area contributed by atoms with Gasteiger partial charge in [0, 0.05) is 39.6 Å². The van der Waals surface area contributed by atoms with E-state index in [1.54, 1.807) is 0 Å². The van der Waals surface area contributed by atoms with Crippen molar-refractivity contribution in [1.29, 1.82) is 0 Å². The quantitative estimate of drug-likeness (QED) is 0.336. The van der Waals surface area contributed by atoms with Crippen LogP contribution in [-0.4, -0.2) is 48.2 Å². The van der Waals surface area contributed by atoms with Gasteiger partial charge in [-0.15, -0.1) is 0 Å². The molecule has 1 amide bonds. The van der Waals surface area contributed by atoms with Crippen LogP contribution in [0, 0.1) is 0 Å². The van der Waals surface area contributed by atoms with Crippen LogP contribution in [0.2, 0.25) is 0 Å². The maximum atomic E-state index is 12.6. The standard InChI is InChI=1S/C21H25N7O4/c1-3-32-12-6-11-28-14-8-5-4-7-13(14)22-20(28)25-16(29)10-9-15-23-17-18(24-15)27(2)21(31)26-19(17)30/h4-5,7-8H,3,6,9-12H2,1-2H3,(H,23,24)(H,22,25,29)(H,26,30,31). The van der Waals surface area contributed by atoms with E-state index in [-0.39, 0.29) is 29.9 Å². The molecule has 3 N–H and O–H groups in total. The molecular formula is C21H25N7O4. The molecule has 0 radical (unpaired) electrons. The molecule has 1 aromatic carbocycles. The fourth-order valence-corrected chi connectivity index (χ4v) is 3.56. The van der Waals surface area contributed by atoms with E-state index in [0.717, 1.165) is 17.5 Å². The van der Waals surface area contributed by atoms with Crippen LogP contribution in [0.4, 0.5) is 5.95 Å². The SMILES string of the molecule is CCOCCCn1c(NC(=O)CCc2nc3c([nH]2)c(=O)[nH]c(=O)n3C)nc2ccccc21. The lowest BCUT2D eigenvalue weighted by Gasteiger charge is -2.10. The van der Waals surface area contributed by atoms with Crippen molar-refractivity contribution in [3.8, 4) is 0 Å². The molecule has 4 aromatic rings. The zero-order valence-electron chi connectivity index (χ0n) is 18.0. The first kappa shape index (κ1) is 21.5. The van der Waals surface area contributed by atoms with E-state index in [1.807, 2.05) is 35.8 Å². The fraction of sp³-hybridized carbons (Fsp3) is 0.381. The van der Waals surface area contributed by atoms with Crippen LogP contribution in [0.25, 0.3) is 22.2 Å². The Morgan fingerprint density at radius 1 is 1.19 bits per heavy atom. The number of aromatic amines is 2. The minimum atomic E-state index is -0.540. The summed E-state index contributed by atoms with van der Waals surface area (Å²) in [6.07, 6.45) is 1.20. The summed E-state index contributed by atoms with van der Waals surface area (Å²) in [4.78, 5) is 50.3. The first-order chi connectivity index (χ1) is 15.5. The second-order valence-electron chi connectivity index (χ2n) is 7.37. The van der Waals surface area contributed by atoms with Gasteiger partial charge in [-0.3, -0.25) is 24.5 Å². The molecule has 0 aliphatic heterocycles. The average Bonchev–Trinajstić information content (AvgIpc) is 3.36. The number of rotatable bonds is 9.